The Labute approximate surface area is 160 Å². The van der Waals surface area contributed by atoms with Gasteiger partial charge in [0.1, 0.15) is 0 Å². The molecule has 24 heavy (non-hydrogen) atoms. The number of rotatable bonds is 3. The second-order valence-corrected chi connectivity index (χ2v) is 17.4. The summed E-state index contributed by atoms with van der Waals surface area (Å²) in [6.45, 7) is 12.4. The van der Waals surface area contributed by atoms with Crippen LogP contribution in [0.5, 0.6) is 0 Å². The molecule has 0 atom stereocenters. The molecular weight excluding hydrogens is 315 g/mol. The van der Waals surface area contributed by atoms with Gasteiger partial charge in [0, 0.05) is 8.07 Å². The van der Waals surface area contributed by atoms with E-state index in [4.69, 9.17) is 0 Å². The fourth-order valence-electron chi connectivity index (χ4n) is 3.90. The monoisotopic (exact) mass is 340 g/mol. The Bertz CT molecular complexity index is 766. The predicted octanol–water partition coefficient (Wildman–Crippen LogP) is 3.01. The van der Waals surface area contributed by atoms with Crippen LogP contribution in [-0.4, -0.2) is 16.1 Å². The molecule has 3 rings (SSSR count). The first-order valence-corrected chi connectivity index (χ1v) is 14.8. The maximum Gasteiger partial charge on any atom is 1.00 e. The molecule has 0 N–H and O–H groups in total. The van der Waals surface area contributed by atoms with Crippen molar-refractivity contribution in [2.45, 2.75) is 32.7 Å². The molecule has 0 nitrogen and oxygen atoms in total. The predicted molar refractivity (Wildman–Crippen MR) is 107 cm³/mol. The van der Waals surface area contributed by atoms with Crippen LogP contribution in [0.25, 0.3) is 11.1 Å². The van der Waals surface area contributed by atoms with Gasteiger partial charge < -0.3 is 0 Å². The molecule has 0 bridgehead atoms. The summed E-state index contributed by atoms with van der Waals surface area (Å²) in [7, 11) is -3.06. The number of allylic oxidation sites excluding steroid dienone is 2. The minimum absolute atomic E-state index is 0. The average molecular weight is 341 g/mol. The molecule has 2 aromatic carbocycles. The van der Waals surface area contributed by atoms with E-state index in [1.807, 2.05) is 0 Å². The zero-order valence-electron chi connectivity index (χ0n) is 15.8. The van der Waals surface area contributed by atoms with Crippen molar-refractivity contribution in [1.82, 2.24) is 0 Å². The van der Waals surface area contributed by atoms with E-state index in [1.54, 1.807) is 4.82 Å². The molecule has 118 valence electrons. The summed E-state index contributed by atoms with van der Waals surface area (Å²) < 4.78 is 0. The molecule has 0 unspecified atom stereocenters. The van der Waals surface area contributed by atoms with Gasteiger partial charge in [-0.15, -0.1) is 28.1 Å². The van der Waals surface area contributed by atoms with Crippen molar-refractivity contribution in [2.75, 3.05) is 0 Å². The Balaban J connectivity index is 0.00000208. The summed E-state index contributed by atoms with van der Waals surface area (Å²) in [6.07, 6.45) is 0. The zero-order valence-corrected chi connectivity index (χ0v) is 17.8. The first-order chi connectivity index (χ1) is 10.8. The van der Waals surface area contributed by atoms with Crippen molar-refractivity contribution in [2.24, 2.45) is 0 Å². The standard InChI is InChI=1S/C21H25Si2.Li/c1-22(2,3)21-20(18-14-10-7-11-15-18)19(16-23(21,4)5)17-12-8-6-9-13-17;/h6-15H,1-5H3;/q-1;+1. The molecular formula is C21H25LiSi2. The van der Waals surface area contributed by atoms with E-state index in [2.05, 4.69) is 99.1 Å². The van der Waals surface area contributed by atoms with Crippen molar-refractivity contribution in [1.29, 1.82) is 0 Å². The minimum Gasteiger partial charge on any atom is -0.202 e. The summed E-state index contributed by atoms with van der Waals surface area (Å²) in [5.74, 6) is 0. The van der Waals surface area contributed by atoms with Crippen LogP contribution in [0.4, 0.5) is 0 Å². The molecule has 1 heterocycles. The molecule has 1 aliphatic heterocycles. The van der Waals surface area contributed by atoms with Gasteiger partial charge >= 0.3 is 18.9 Å². The third kappa shape index (κ3) is 3.63. The van der Waals surface area contributed by atoms with Gasteiger partial charge in [-0.05, 0) is 0 Å². The Morgan fingerprint density at radius 3 is 1.67 bits per heavy atom. The molecule has 0 aromatic heterocycles. The van der Waals surface area contributed by atoms with Crippen LogP contribution < -0.4 is 18.9 Å². The number of benzene rings is 2. The van der Waals surface area contributed by atoms with Gasteiger partial charge in [0.2, 0.25) is 0 Å². The molecule has 3 heteroatoms. The summed E-state index contributed by atoms with van der Waals surface area (Å²) in [5, 5.41) is 0. The summed E-state index contributed by atoms with van der Waals surface area (Å²) in [4.78, 5) is 1.75. The minimum atomic E-state index is -1.64. The van der Waals surface area contributed by atoms with Crippen LogP contribution in [-0.2, 0) is 0 Å². The van der Waals surface area contributed by atoms with E-state index in [0.717, 1.165) is 0 Å². The van der Waals surface area contributed by atoms with E-state index in [9.17, 15) is 0 Å². The van der Waals surface area contributed by atoms with Gasteiger partial charge in [-0.1, -0.05) is 86.8 Å². The van der Waals surface area contributed by atoms with Crippen LogP contribution in [0.2, 0.25) is 32.7 Å². The van der Waals surface area contributed by atoms with Crippen molar-refractivity contribution >= 4 is 27.3 Å². The molecule has 2 aromatic rings. The third-order valence-electron chi connectivity index (χ3n) is 4.44. The second kappa shape index (κ2) is 7.06. The number of hydrogen-bond donors (Lipinski definition) is 0. The van der Waals surface area contributed by atoms with Crippen LogP contribution >= 0.6 is 0 Å². The molecule has 0 radical (unpaired) electrons. The summed E-state index contributed by atoms with van der Waals surface area (Å²) >= 11 is 0. The van der Waals surface area contributed by atoms with Gasteiger partial charge in [-0.2, -0.15) is 5.57 Å². The fraction of sp³-hybridized carbons (Fsp3) is 0.238. The first kappa shape index (κ1) is 19.3. The Kier molecular flexibility index (Phi) is 5.67. The van der Waals surface area contributed by atoms with Gasteiger partial charge in [0.15, 0.2) is 0 Å². The largest absolute Gasteiger partial charge is 1.00 e. The van der Waals surface area contributed by atoms with Crippen LogP contribution in [0.1, 0.15) is 11.1 Å². The fourth-order valence-corrected chi connectivity index (χ4v) is 14.5. The second-order valence-electron chi connectivity index (χ2n) is 7.86. The van der Waals surface area contributed by atoms with Gasteiger partial charge in [-0.25, -0.2) is 5.70 Å². The maximum absolute atomic E-state index is 3.97. The van der Waals surface area contributed by atoms with E-state index >= 15 is 0 Å². The maximum atomic E-state index is 3.97. The normalized spacial score (nSPS) is 16.6. The zero-order chi connectivity index (χ0) is 16.7. The van der Waals surface area contributed by atoms with Gasteiger partial charge in [-0.3, -0.25) is 0 Å². The SMILES string of the molecule is C[Si](C)(C)C1=C(c2ccccc2)C(c2ccccc2)=[C-][Si]1(C)C.[Li+]. The Morgan fingerprint density at radius 2 is 1.21 bits per heavy atom. The van der Waals surface area contributed by atoms with E-state index in [1.165, 1.54) is 22.3 Å². The summed E-state index contributed by atoms with van der Waals surface area (Å²) in [5.41, 5.74) is 9.45. The van der Waals surface area contributed by atoms with Gasteiger partial charge in [0.25, 0.3) is 0 Å². The molecule has 0 saturated heterocycles. The smallest absolute Gasteiger partial charge is 0.202 e. The topological polar surface area (TPSA) is 0 Å². The Hall–Kier alpha value is -1.05. The average Bonchev–Trinajstić information content (AvgIpc) is 2.80. The molecule has 0 amide bonds. The first-order valence-electron chi connectivity index (χ1n) is 8.32. The van der Waals surface area contributed by atoms with Crippen LogP contribution in [0.3, 0.4) is 0 Å². The van der Waals surface area contributed by atoms with E-state index in [-0.39, 0.29) is 18.9 Å². The number of hydrogen-bond acceptors (Lipinski definition) is 0. The summed E-state index contributed by atoms with van der Waals surface area (Å²) in [6, 6.07) is 21.7. The van der Waals surface area contributed by atoms with Crippen LogP contribution in [0, 0.1) is 5.70 Å². The molecule has 0 aliphatic carbocycles. The quantitative estimate of drug-likeness (QED) is 0.595. The molecule has 0 spiro atoms. The molecule has 0 saturated carbocycles. The van der Waals surface area contributed by atoms with Crippen molar-refractivity contribution < 1.29 is 18.9 Å². The van der Waals surface area contributed by atoms with Crippen molar-refractivity contribution in [3.8, 4) is 0 Å². The van der Waals surface area contributed by atoms with E-state index in [0.29, 0.717) is 0 Å². The molecule has 1 aliphatic rings. The molecule has 0 fully saturated rings. The van der Waals surface area contributed by atoms with E-state index < -0.39 is 16.1 Å². The third-order valence-corrected chi connectivity index (χ3v) is 12.7. The van der Waals surface area contributed by atoms with Crippen LogP contribution in [0.15, 0.2) is 65.5 Å². The van der Waals surface area contributed by atoms with Gasteiger partial charge in [0.05, 0.1) is 8.07 Å². The Morgan fingerprint density at radius 1 is 0.750 bits per heavy atom. The van der Waals surface area contributed by atoms with Crippen molar-refractivity contribution in [3.05, 3.63) is 82.3 Å². The van der Waals surface area contributed by atoms with Crippen molar-refractivity contribution in [3.63, 3.8) is 0 Å².